The Bertz CT molecular complexity index is 1110. The van der Waals surface area contributed by atoms with E-state index in [2.05, 4.69) is 10.3 Å². The molecule has 0 spiro atoms. The summed E-state index contributed by atoms with van der Waals surface area (Å²) in [4.78, 5) is 54.1. The van der Waals surface area contributed by atoms with Crippen molar-refractivity contribution in [2.75, 3.05) is 24.7 Å². The van der Waals surface area contributed by atoms with E-state index >= 15 is 0 Å². The number of allylic oxidation sites excluding steroid dienone is 1. The number of carboxylic acid groups (broad SMARTS) is 1. The van der Waals surface area contributed by atoms with Gasteiger partial charge in [-0.2, -0.15) is 0 Å². The van der Waals surface area contributed by atoms with Crippen LogP contribution < -0.4 is 11.1 Å². The minimum atomic E-state index is -1.30. The molecule has 168 valence electrons. The summed E-state index contributed by atoms with van der Waals surface area (Å²) in [6.45, 7) is 1.30. The Hall–Kier alpha value is -3.32. The van der Waals surface area contributed by atoms with Crippen LogP contribution >= 0.6 is 23.1 Å². The van der Waals surface area contributed by atoms with Gasteiger partial charge < -0.3 is 25.6 Å². The third-order valence-corrected chi connectivity index (χ3v) is 6.86. The number of thioether (sulfide) groups is 1. The van der Waals surface area contributed by atoms with Crippen molar-refractivity contribution in [2.45, 2.75) is 18.3 Å². The predicted octanol–water partition coefficient (Wildman–Crippen LogP) is 0.325. The Morgan fingerprint density at radius 2 is 2.22 bits per heavy atom. The number of aliphatic carboxylic acids is 1. The Labute approximate surface area is 189 Å². The van der Waals surface area contributed by atoms with Crippen LogP contribution in [0.4, 0.5) is 5.13 Å². The number of nitrogens with two attached hydrogens (primary N) is 1. The molecule has 1 saturated heterocycles. The topological polar surface area (TPSA) is 161 Å². The van der Waals surface area contributed by atoms with Crippen LogP contribution in [0.5, 0.6) is 0 Å². The zero-order valence-electron chi connectivity index (χ0n) is 16.7. The quantitative estimate of drug-likeness (QED) is 0.295. The van der Waals surface area contributed by atoms with Crippen molar-refractivity contribution in [2.24, 2.45) is 0 Å². The largest absolute Gasteiger partial charge is 0.489 e. The van der Waals surface area contributed by atoms with Gasteiger partial charge in [0.25, 0.3) is 11.8 Å². The van der Waals surface area contributed by atoms with Crippen molar-refractivity contribution in [1.82, 2.24) is 15.2 Å². The Morgan fingerprint density at radius 1 is 1.44 bits per heavy atom. The molecule has 4 heterocycles. The molecule has 2 atom stereocenters. The van der Waals surface area contributed by atoms with Crippen LogP contribution in [0, 0.1) is 0 Å². The van der Waals surface area contributed by atoms with E-state index in [1.54, 1.807) is 17.5 Å². The lowest BCUT2D eigenvalue weighted by Gasteiger charge is -2.49. The number of esters is 1. The highest BCUT2D eigenvalue weighted by Gasteiger charge is 2.54. The number of nitrogens with zero attached hydrogens (tertiary/aromatic N) is 2. The molecule has 0 aromatic carbocycles. The SMILES string of the molecule is CC(=O)OCC1=C(C(=O)O)N2C(=O)C(NC(=O)C(=C3C=CCO3)c3csc(N)n3)[C@@H]2SC1. The van der Waals surface area contributed by atoms with Gasteiger partial charge in [0.05, 0.1) is 5.69 Å². The molecular weight excluding hydrogens is 460 g/mol. The van der Waals surface area contributed by atoms with Crippen LogP contribution in [0.1, 0.15) is 12.6 Å². The van der Waals surface area contributed by atoms with E-state index in [1.165, 1.54) is 18.7 Å². The summed E-state index contributed by atoms with van der Waals surface area (Å²) in [6.07, 6.45) is 3.38. The number of aromatic nitrogens is 1. The molecule has 13 heteroatoms. The van der Waals surface area contributed by atoms with Gasteiger partial charge in [-0.3, -0.25) is 19.3 Å². The maximum Gasteiger partial charge on any atom is 0.352 e. The van der Waals surface area contributed by atoms with E-state index in [1.807, 2.05) is 0 Å². The summed E-state index contributed by atoms with van der Waals surface area (Å²) in [7, 11) is 0. The summed E-state index contributed by atoms with van der Waals surface area (Å²) in [5.41, 5.74) is 6.26. The third kappa shape index (κ3) is 3.96. The maximum absolute atomic E-state index is 13.1. The van der Waals surface area contributed by atoms with Crippen molar-refractivity contribution < 1.29 is 33.8 Å². The Kier molecular flexibility index (Phi) is 5.93. The van der Waals surface area contributed by atoms with E-state index in [0.29, 0.717) is 23.6 Å². The molecule has 3 aliphatic heterocycles. The number of carbonyl (C=O) groups excluding carboxylic acids is 3. The zero-order chi connectivity index (χ0) is 23.0. The molecule has 3 aliphatic rings. The van der Waals surface area contributed by atoms with E-state index in [4.69, 9.17) is 15.2 Å². The predicted molar refractivity (Wildman–Crippen MR) is 115 cm³/mol. The fourth-order valence-corrected chi connectivity index (χ4v) is 5.33. The number of thiazole rings is 1. The molecule has 0 bridgehead atoms. The summed E-state index contributed by atoms with van der Waals surface area (Å²) in [5.74, 6) is -2.47. The van der Waals surface area contributed by atoms with Crippen molar-refractivity contribution in [3.05, 3.63) is 40.3 Å². The highest BCUT2D eigenvalue weighted by atomic mass is 32.2. The van der Waals surface area contributed by atoms with Gasteiger partial charge in [-0.15, -0.1) is 23.1 Å². The smallest absolute Gasteiger partial charge is 0.352 e. The number of ether oxygens (including phenoxy) is 2. The number of rotatable bonds is 6. The Morgan fingerprint density at radius 3 is 2.81 bits per heavy atom. The molecule has 0 radical (unpaired) electrons. The number of nitrogens with one attached hydrogen (secondary N) is 1. The standard InChI is InChI=1S/C19H18N4O7S2/c1-8(24)30-5-9-6-31-17-13(16(26)23(17)14(9)18(27)28)22-15(25)12(11-3-2-4-29-11)10-7-32-19(20)21-10/h2-3,7,13,17H,4-6H2,1H3,(H2,20,21)(H,22,25)(H,27,28)/t13?,17-/m0/s1. The average Bonchev–Trinajstić information content (AvgIpc) is 3.42. The minimum Gasteiger partial charge on any atom is -0.489 e. The molecule has 11 nitrogen and oxygen atoms in total. The molecule has 1 fully saturated rings. The lowest BCUT2D eigenvalue weighted by molar-refractivity contribution is -0.150. The lowest BCUT2D eigenvalue weighted by Crippen LogP contribution is -2.70. The van der Waals surface area contributed by atoms with Crippen LogP contribution in [0.3, 0.4) is 0 Å². The van der Waals surface area contributed by atoms with Crippen LogP contribution in [-0.4, -0.2) is 69.1 Å². The summed E-state index contributed by atoms with van der Waals surface area (Å²) < 4.78 is 10.4. The number of carbonyl (C=O) groups is 4. The first-order chi connectivity index (χ1) is 15.3. The zero-order valence-corrected chi connectivity index (χ0v) is 18.3. The molecule has 4 rings (SSSR count). The van der Waals surface area contributed by atoms with Gasteiger partial charge in [0, 0.05) is 23.6 Å². The molecule has 4 N–H and O–H groups in total. The van der Waals surface area contributed by atoms with Gasteiger partial charge in [0.1, 0.15) is 41.7 Å². The third-order valence-electron chi connectivity index (χ3n) is 4.84. The second-order valence-electron chi connectivity index (χ2n) is 6.92. The second kappa shape index (κ2) is 8.67. The van der Waals surface area contributed by atoms with Crippen LogP contribution in [-0.2, 0) is 28.7 Å². The molecule has 0 saturated carbocycles. The number of anilines is 1. The molecule has 1 aromatic rings. The van der Waals surface area contributed by atoms with Gasteiger partial charge in [-0.25, -0.2) is 9.78 Å². The Balaban J connectivity index is 1.55. The number of carboxylic acids is 1. The van der Waals surface area contributed by atoms with Gasteiger partial charge in [0.2, 0.25) is 0 Å². The van der Waals surface area contributed by atoms with Crippen molar-refractivity contribution in [3.63, 3.8) is 0 Å². The molecule has 1 aromatic heterocycles. The first-order valence-corrected chi connectivity index (χ1v) is 11.3. The van der Waals surface area contributed by atoms with Crippen LogP contribution in [0.2, 0.25) is 0 Å². The lowest BCUT2D eigenvalue weighted by atomic mass is 10.0. The summed E-state index contributed by atoms with van der Waals surface area (Å²) in [5, 5.41) is 13.6. The fourth-order valence-electron chi connectivity index (χ4n) is 3.45. The number of amides is 2. The van der Waals surface area contributed by atoms with E-state index in [0.717, 1.165) is 16.2 Å². The molecule has 32 heavy (non-hydrogen) atoms. The van der Waals surface area contributed by atoms with Crippen molar-refractivity contribution in [1.29, 1.82) is 0 Å². The van der Waals surface area contributed by atoms with E-state index < -0.39 is 35.2 Å². The number of hydrogen-bond donors (Lipinski definition) is 3. The fraction of sp³-hybridized carbons (Fsp3) is 0.316. The summed E-state index contributed by atoms with van der Waals surface area (Å²) >= 11 is 2.44. The van der Waals surface area contributed by atoms with Gasteiger partial charge >= 0.3 is 11.9 Å². The first kappa shape index (κ1) is 21.9. The summed E-state index contributed by atoms with van der Waals surface area (Å²) in [6, 6.07) is -0.936. The highest BCUT2D eigenvalue weighted by molar-refractivity contribution is 8.00. The van der Waals surface area contributed by atoms with Gasteiger partial charge in [-0.05, 0) is 12.2 Å². The number of fused-ring (bicyclic) bond motifs is 1. The normalized spacial score (nSPS) is 23.3. The monoisotopic (exact) mass is 478 g/mol. The first-order valence-electron chi connectivity index (χ1n) is 9.37. The van der Waals surface area contributed by atoms with E-state index in [-0.39, 0.29) is 28.8 Å². The molecular formula is C19H18N4O7S2. The van der Waals surface area contributed by atoms with Gasteiger partial charge in [-0.1, -0.05) is 0 Å². The van der Waals surface area contributed by atoms with Crippen molar-refractivity contribution in [3.8, 4) is 0 Å². The number of nitrogen functional groups attached to an aromatic ring is 1. The average molecular weight is 479 g/mol. The maximum atomic E-state index is 13.1. The van der Waals surface area contributed by atoms with Gasteiger partial charge in [0.15, 0.2) is 5.13 Å². The number of hydrogen-bond acceptors (Lipinski definition) is 10. The highest BCUT2D eigenvalue weighted by Crippen LogP contribution is 2.40. The van der Waals surface area contributed by atoms with Crippen LogP contribution in [0.15, 0.2) is 34.6 Å². The van der Waals surface area contributed by atoms with Crippen molar-refractivity contribution >= 4 is 57.6 Å². The molecule has 0 aliphatic carbocycles. The van der Waals surface area contributed by atoms with Crippen LogP contribution in [0.25, 0.3) is 5.57 Å². The van der Waals surface area contributed by atoms with E-state index in [9.17, 15) is 24.3 Å². The second-order valence-corrected chi connectivity index (χ2v) is 8.92. The minimum absolute atomic E-state index is 0.142. The number of β-lactam (4-membered cyclic amide) rings is 1. The molecule has 2 amide bonds. The molecule has 1 unspecified atom stereocenters.